The summed E-state index contributed by atoms with van der Waals surface area (Å²) in [5.74, 6) is 0.0110. The molecule has 274 valence electrons. The van der Waals surface area contributed by atoms with E-state index in [1.807, 2.05) is 0 Å². The van der Waals surface area contributed by atoms with Gasteiger partial charge in [0, 0.05) is 19.6 Å². The molecule has 2 bridgehead atoms. The number of ether oxygens (including phenoxy) is 4. The third-order valence-electron chi connectivity index (χ3n) is 11.2. The summed E-state index contributed by atoms with van der Waals surface area (Å²) in [7, 11) is 4.57. The lowest BCUT2D eigenvalue weighted by Crippen LogP contribution is -3.00. The van der Waals surface area contributed by atoms with Gasteiger partial charge in [-0.1, -0.05) is 90.9 Å². The van der Waals surface area contributed by atoms with E-state index in [4.69, 9.17) is 18.9 Å². The van der Waals surface area contributed by atoms with Crippen LogP contribution in [0.25, 0.3) is 0 Å². The number of hydrogen-bond acceptors (Lipinski definition) is 5. The van der Waals surface area contributed by atoms with Gasteiger partial charge in [-0.15, -0.1) is 0 Å². The largest absolute Gasteiger partial charge is 1.00 e. The summed E-state index contributed by atoms with van der Waals surface area (Å²) in [4.78, 5) is 12.6. The molecule has 0 saturated heterocycles. The van der Waals surface area contributed by atoms with Crippen molar-refractivity contribution in [1.29, 1.82) is 0 Å². The van der Waals surface area contributed by atoms with Crippen LogP contribution in [0.1, 0.15) is 168 Å². The molecule has 0 radical (unpaired) electrons. The fourth-order valence-electron chi connectivity index (χ4n) is 7.57. The Kier molecular flexibility index (Phi) is 25.7. The molecular formula is C39H76INO5. The summed E-state index contributed by atoms with van der Waals surface area (Å²) in [5, 5.41) is 0. The molecule has 0 heterocycles. The zero-order chi connectivity index (χ0) is 32.5. The van der Waals surface area contributed by atoms with Gasteiger partial charge in [0.05, 0.1) is 33.9 Å². The Balaban J connectivity index is 0.0000106. The summed E-state index contributed by atoms with van der Waals surface area (Å²) < 4.78 is 23.7. The van der Waals surface area contributed by atoms with E-state index in [0.29, 0.717) is 43.9 Å². The molecule has 0 unspecified atom stereocenters. The van der Waals surface area contributed by atoms with Gasteiger partial charge in [0.2, 0.25) is 0 Å². The third kappa shape index (κ3) is 20.5. The minimum absolute atomic E-state index is 0. The van der Waals surface area contributed by atoms with Crippen LogP contribution in [0.3, 0.4) is 0 Å². The van der Waals surface area contributed by atoms with Gasteiger partial charge in [-0.25, -0.2) is 0 Å². The van der Waals surface area contributed by atoms with Crippen molar-refractivity contribution in [2.45, 2.75) is 168 Å². The van der Waals surface area contributed by atoms with Gasteiger partial charge in [0.25, 0.3) is 0 Å². The second kappa shape index (κ2) is 26.8. The monoisotopic (exact) mass is 765 g/mol. The van der Waals surface area contributed by atoms with Crippen LogP contribution in [-0.4, -0.2) is 77.5 Å². The fraction of sp³-hybridized carbons (Fsp3) is 0.974. The Hall–Kier alpha value is 0.0400. The van der Waals surface area contributed by atoms with Gasteiger partial charge in [-0.3, -0.25) is 4.79 Å². The summed E-state index contributed by atoms with van der Waals surface area (Å²) in [6.45, 7) is 10.4. The van der Waals surface area contributed by atoms with Crippen molar-refractivity contribution in [3.63, 3.8) is 0 Å². The normalized spacial score (nSPS) is 21.0. The number of esters is 1. The zero-order valence-electron chi connectivity index (χ0n) is 31.0. The highest BCUT2D eigenvalue weighted by Gasteiger charge is 2.48. The molecule has 0 aromatic heterocycles. The van der Waals surface area contributed by atoms with E-state index in [-0.39, 0.29) is 29.9 Å². The highest BCUT2D eigenvalue weighted by Crippen LogP contribution is 2.60. The number of carbonyl (C=O) groups excluding carboxylic acids is 1. The van der Waals surface area contributed by atoms with Crippen LogP contribution in [0.2, 0.25) is 0 Å². The van der Waals surface area contributed by atoms with Gasteiger partial charge in [0.1, 0.15) is 19.9 Å². The number of nitrogens with zero attached hydrogens (tertiary/aromatic N) is 1. The second-order valence-corrected chi connectivity index (χ2v) is 15.5. The number of fused-ring (bicyclic) bond motifs is 3. The van der Waals surface area contributed by atoms with Crippen LogP contribution in [0.5, 0.6) is 0 Å². The van der Waals surface area contributed by atoms with Crippen molar-refractivity contribution in [2.75, 3.05) is 67.0 Å². The first-order chi connectivity index (χ1) is 21.8. The van der Waals surface area contributed by atoms with Crippen LogP contribution >= 0.6 is 0 Å². The second-order valence-electron chi connectivity index (χ2n) is 15.5. The number of rotatable bonds is 31. The quantitative estimate of drug-likeness (QED) is 0.0250. The average molecular weight is 766 g/mol. The van der Waals surface area contributed by atoms with Crippen molar-refractivity contribution in [3.8, 4) is 0 Å². The molecule has 0 N–H and O–H groups in total. The van der Waals surface area contributed by atoms with E-state index in [2.05, 4.69) is 27.9 Å². The Morgan fingerprint density at radius 2 is 1.02 bits per heavy atom. The summed E-state index contributed by atoms with van der Waals surface area (Å²) in [6, 6.07) is 0. The molecule has 3 saturated carbocycles. The predicted octanol–water partition coefficient (Wildman–Crippen LogP) is 7.02. The first-order valence-corrected chi connectivity index (χ1v) is 19.6. The van der Waals surface area contributed by atoms with Crippen molar-refractivity contribution in [2.24, 2.45) is 10.8 Å². The number of carbonyl (C=O) groups is 1. The van der Waals surface area contributed by atoms with Crippen molar-refractivity contribution >= 4 is 5.97 Å². The number of likely N-dealkylation sites (N-methyl/N-ethyl adjacent to an activating group) is 1. The van der Waals surface area contributed by atoms with E-state index in [9.17, 15) is 4.79 Å². The first kappa shape index (κ1) is 44.1. The SMILES string of the molecule is CCCCCCCCCCCCCC[N+](C)(C)CCOC(=O)CCC12CCC(CCOCOCCOCCCCC)(CC1)CC2.[I-]. The van der Waals surface area contributed by atoms with Gasteiger partial charge in [-0.05, 0) is 81.5 Å². The molecule has 6 nitrogen and oxygen atoms in total. The van der Waals surface area contributed by atoms with Gasteiger partial charge < -0.3 is 47.4 Å². The molecule has 0 amide bonds. The highest BCUT2D eigenvalue weighted by atomic mass is 127. The molecule has 3 fully saturated rings. The molecule has 0 aromatic carbocycles. The number of hydrogen-bond donors (Lipinski definition) is 0. The van der Waals surface area contributed by atoms with Crippen molar-refractivity contribution in [3.05, 3.63) is 0 Å². The van der Waals surface area contributed by atoms with E-state index < -0.39 is 0 Å². The lowest BCUT2D eigenvalue weighted by atomic mass is 9.52. The number of quaternary nitrogens is 1. The minimum Gasteiger partial charge on any atom is -1.00 e. The summed E-state index contributed by atoms with van der Waals surface area (Å²) >= 11 is 0. The topological polar surface area (TPSA) is 54.0 Å². The first-order valence-electron chi connectivity index (χ1n) is 19.6. The number of unbranched alkanes of at least 4 members (excludes halogenated alkanes) is 13. The predicted molar refractivity (Wildman–Crippen MR) is 187 cm³/mol. The number of halogens is 1. The van der Waals surface area contributed by atoms with E-state index in [1.165, 1.54) is 135 Å². The lowest BCUT2D eigenvalue weighted by molar-refractivity contribution is -0.890. The molecule has 0 aliphatic heterocycles. The van der Waals surface area contributed by atoms with Crippen molar-refractivity contribution in [1.82, 2.24) is 0 Å². The smallest absolute Gasteiger partial charge is 0.306 e. The Bertz CT molecular complexity index is 709. The zero-order valence-corrected chi connectivity index (χ0v) is 33.2. The van der Waals surface area contributed by atoms with E-state index in [1.54, 1.807) is 0 Å². The standard InChI is InChI=1S/C39H76NO5.HI/c1-5-7-9-10-11-12-13-14-15-16-17-18-29-40(3,4)30-33-45-37(41)20-21-38-22-25-39(26-23-38,27-24-38)28-32-43-36-44-35-34-42-31-19-8-6-2;/h5-36H2,1-4H3;1H/q+1;/p-1. The van der Waals surface area contributed by atoms with Crippen molar-refractivity contribution < 1.29 is 52.2 Å². The maximum Gasteiger partial charge on any atom is 0.306 e. The molecule has 3 aliphatic carbocycles. The molecule has 3 aliphatic rings. The Labute approximate surface area is 302 Å². The van der Waals surface area contributed by atoms with Gasteiger partial charge >= 0.3 is 5.97 Å². The minimum atomic E-state index is 0. The molecular weight excluding hydrogens is 689 g/mol. The molecule has 3 rings (SSSR count). The third-order valence-corrected chi connectivity index (χ3v) is 11.2. The summed E-state index contributed by atoms with van der Waals surface area (Å²) in [6.07, 6.45) is 30.6. The maximum absolute atomic E-state index is 12.6. The van der Waals surface area contributed by atoms with Crippen LogP contribution in [0.15, 0.2) is 0 Å². The molecule has 0 spiro atoms. The highest BCUT2D eigenvalue weighted by molar-refractivity contribution is 5.69. The molecule has 7 heteroatoms. The van der Waals surface area contributed by atoms with E-state index >= 15 is 0 Å². The van der Waals surface area contributed by atoms with Gasteiger partial charge in [-0.2, -0.15) is 0 Å². The maximum atomic E-state index is 12.6. The fourth-order valence-corrected chi connectivity index (χ4v) is 7.57. The lowest BCUT2D eigenvalue weighted by Gasteiger charge is -2.54. The van der Waals surface area contributed by atoms with Crippen LogP contribution in [-0.2, 0) is 23.7 Å². The molecule has 0 aromatic rings. The molecule has 46 heavy (non-hydrogen) atoms. The van der Waals surface area contributed by atoms with Gasteiger partial charge in [0.15, 0.2) is 0 Å². The summed E-state index contributed by atoms with van der Waals surface area (Å²) in [5.41, 5.74) is 0.813. The van der Waals surface area contributed by atoms with Crippen LogP contribution < -0.4 is 24.0 Å². The Morgan fingerprint density at radius 3 is 1.61 bits per heavy atom. The van der Waals surface area contributed by atoms with E-state index in [0.717, 1.165) is 43.5 Å². The van der Waals surface area contributed by atoms with Crippen LogP contribution in [0.4, 0.5) is 0 Å². The Morgan fingerprint density at radius 1 is 0.543 bits per heavy atom. The molecule has 0 atom stereocenters. The van der Waals surface area contributed by atoms with Crippen LogP contribution in [0, 0.1) is 10.8 Å². The average Bonchev–Trinajstić information content (AvgIpc) is 3.04.